The molecule has 172 valence electrons. The molecule has 2 aliphatic heterocycles. The van der Waals surface area contributed by atoms with Crippen LogP contribution >= 0.6 is 0 Å². The lowest BCUT2D eigenvalue weighted by molar-refractivity contribution is -0.122. The second kappa shape index (κ2) is 8.67. The van der Waals surface area contributed by atoms with Crippen molar-refractivity contribution in [3.8, 4) is 11.5 Å². The maximum Gasteiger partial charge on any atom is 0.262 e. The highest BCUT2D eigenvalue weighted by molar-refractivity contribution is 6.10. The number of para-hydroxylation sites is 2. The van der Waals surface area contributed by atoms with Crippen LogP contribution in [0.25, 0.3) is 0 Å². The summed E-state index contributed by atoms with van der Waals surface area (Å²) in [5, 5.41) is 2.93. The van der Waals surface area contributed by atoms with Gasteiger partial charge < -0.3 is 19.9 Å². The Balaban J connectivity index is 1.39. The Hall–Kier alpha value is -4.13. The Morgan fingerprint density at radius 1 is 0.971 bits per heavy atom. The number of hydrogen-bond acceptors (Lipinski definition) is 4. The normalized spacial score (nSPS) is 17.2. The van der Waals surface area contributed by atoms with Gasteiger partial charge in [-0.25, -0.2) is 0 Å². The molecule has 0 bridgehead atoms. The van der Waals surface area contributed by atoms with Crippen molar-refractivity contribution in [3.63, 3.8) is 0 Å². The predicted octanol–water partition coefficient (Wildman–Crippen LogP) is 4.84. The van der Waals surface area contributed by atoms with Crippen LogP contribution in [0.5, 0.6) is 11.5 Å². The van der Waals surface area contributed by atoms with E-state index in [-0.39, 0.29) is 30.2 Å². The standard InChI is InChI=1S/C27H25N3O4/c1-17(2)30-22-15-19(12-13-24(22)34-23-11-7-6-10-21(23)27(30)33)28-26(32)18-14-25(31)29(16-18)20-8-4-3-5-9-20/h3-13,15,17-18H,14,16H2,1-2H3,(H,28,32). The number of carbonyl (C=O) groups excluding carboxylic acids is 3. The maximum atomic E-state index is 13.3. The van der Waals surface area contributed by atoms with Crippen molar-refractivity contribution >= 4 is 34.8 Å². The van der Waals surface area contributed by atoms with E-state index in [4.69, 9.17) is 4.74 Å². The second-order valence-electron chi connectivity index (χ2n) is 8.78. The quantitative estimate of drug-likeness (QED) is 0.611. The Labute approximate surface area is 197 Å². The van der Waals surface area contributed by atoms with Crippen LogP contribution in [0.1, 0.15) is 30.6 Å². The number of fused-ring (bicyclic) bond motifs is 2. The Morgan fingerprint density at radius 2 is 1.71 bits per heavy atom. The lowest BCUT2D eigenvalue weighted by Crippen LogP contribution is -2.36. The van der Waals surface area contributed by atoms with E-state index >= 15 is 0 Å². The third-order valence-corrected chi connectivity index (χ3v) is 6.12. The summed E-state index contributed by atoms with van der Waals surface area (Å²) in [6, 6.07) is 21.6. The summed E-state index contributed by atoms with van der Waals surface area (Å²) >= 11 is 0. The second-order valence-corrected chi connectivity index (χ2v) is 8.78. The molecule has 2 aliphatic rings. The van der Waals surface area contributed by atoms with E-state index in [1.54, 1.807) is 40.1 Å². The first kappa shape index (κ1) is 21.7. The van der Waals surface area contributed by atoms with Gasteiger partial charge in [-0.2, -0.15) is 0 Å². The molecule has 0 aliphatic carbocycles. The van der Waals surface area contributed by atoms with Crippen molar-refractivity contribution in [1.82, 2.24) is 0 Å². The van der Waals surface area contributed by atoms with E-state index in [0.717, 1.165) is 5.69 Å². The van der Waals surface area contributed by atoms with Crippen LogP contribution in [0.4, 0.5) is 17.1 Å². The molecule has 3 aromatic carbocycles. The highest BCUT2D eigenvalue weighted by Gasteiger charge is 2.35. The summed E-state index contributed by atoms with van der Waals surface area (Å²) in [6.45, 7) is 4.20. The number of carbonyl (C=O) groups is 3. The molecule has 2 heterocycles. The van der Waals surface area contributed by atoms with Crippen LogP contribution < -0.4 is 19.9 Å². The lowest BCUT2D eigenvalue weighted by atomic mass is 10.1. The predicted molar refractivity (Wildman–Crippen MR) is 130 cm³/mol. The molecule has 34 heavy (non-hydrogen) atoms. The first-order chi connectivity index (χ1) is 16.4. The smallest absolute Gasteiger partial charge is 0.262 e. The van der Waals surface area contributed by atoms with Crippen LogP contribution in [0.2, 0.25) is 0 Å². The lowest BCUT2D eigenvalue weighted by Gasteiger charge is -2.26. The number of rotatable bonds is 4. The molecule has 3 amide bonds. The third kappa shape index (κ3) is 3.90. The third-order valence-electron chi connectivity index (χ3n) is 6.12. The number of ether oxygens (including phenoxy) is 1. The molecule has 0 radical (unpaired) electrons. The molecule has 0 saturated carbocycles. The maximum absolute atomic E-state index is 13.3. The summed E-state index contributed by atoms with van der Waals surface area (Å²) in [5.41, 5.74) is 2.41. The zero-order valence-corrected chi connectivity index (χ0v) is 19.0. The van der Waals surface area contributed by atoms with E-state index in [1.807, 2.05) is 56.3 Å². The summed E-state index contributed by atoms with van der Waals surface area (Å²) in [4.78, 5) is 42.2. The highest BCUT2D eigenvalue weighted by Crippen LogP contribution is 2.41. The van der Waals surface area contributed by atoms with Crippen LogP contribution in [0, 0.1) is 5.92 Å². The molecule has 7 nitrogen and oxygen atoms in total. The summed E-state index contributed by atoms with van der Waals surface area (Å²) in [5.74, 6) is 0.112. The molecule has 1 N–H and O–H groups in total. The van der Waals surface area contributed by atoms with E-state index in [2.05, 4.69) is 5.32 Å². The van der Waals surface area contributed by atoms with Gasteiger partial charge >= 0.3 is 0 Å². The summed E-state index contributed by atoms with van der Waals surface area (Å²) in [6.07, 6.45) is 0.153. The van der Waals surface area contributed by atoms with Crippen molar-refractivity contribution in [3.05, 3.63) is 78.4 Å². The van der Waals surface area contributed by atoms with Crippen LogP contribution in [0.15, 0.2) is 72.8 Å². The van der Waals surface area contributed by atoms with Crippen LogP contribution in [-0.4, -0.2) is 30.3 Å². The molecule has 1 saturated heterocycles. The summed E-state index contributed by atoms with van der Waals surface area (Å²) in [7, 11) is 0. The highest BCUT2D eigenvalue weighted by atomic mass is 16.5. The van der Waals surface area contributed by atoms with E-state index in [1.165, 1.54) is 0 Å². The van der Waals surface area contributed by atoms with E-state index < -0.39 is 5.92 Å². The van der Waals surface area contributed by atoms with Crippen molar-refractivity contribution in [2.24, 2.45) is 5.92 Å². The molecule has 7 heteroatoms. The van der Waals surface area contributed by atoms with Crippen molar-refractivity contribution in [2.75, 3.05) is 21.7 Å². The molecule has 5 rings (SSSR count). The van der Waals surface area contributed by atoms with Crippen molar-refractivity contribution in [2.45, 2.75) is 26.3 Å². The average molecular weight is 456 g/mol. The number of hydrogen-bond donors (Lipinski definition) is 1. The first-order valence-corrected chi connectivity index (χ1v) is 11.3. The van der Waals surface area contributed by atoms with Gasteiger partial charge in [0.15, 0.2) is 5.75 Å². The zero-order valence-electron chi connectivity index (χ0n) is 19.0. The Bertz CT molecular complexity index is 1270. The van der Waals surface area contributed by atoms with E-state index in [9.17, 15) is 14.4 Å². The zero-order chi connectivity index (χ0) is 23.8. The molecule has 1 unspecified atom stereocenters. The SMILES string of the molecule is CC(C)N1C(=O)c2ccccc2Oc2ccc(NC(=O)C3CC(=O)N(c4ccccc4)C3)cc21. The van der Waals surface area contributed by atoms with Gasteiger partial charge in [0, 0.05) is 30.4 Å². The molecule has 1 atom stereocenters. The monoisotopic (exact) mass is 455 g/mol. The molecule has 0 aromatic heterocycles. The molecular weight excluding hydrogens is 430 g/mol. The minimum atomic E-state index is -0.463. The molecule has 3 aromatic rings. The van der Waals surface area contributed by atoms with Gasteiger partial charge in [-0.1, -0.05) is 30.3 Å². The van der Waals surface area contributed by atoms with Gasteiger partial charge in [0.05, 0.1) is 17.2 Å². The number of nitrogens with zero attached hydrogens (tertiary/aromatic N) is 2. The fraction of sp³-hybridized carbons (Fsp3) is 0.222. The van der Waals surface area contributed by atoms with E-state index in [0.29, 0.717) is 35.0 Å². The fourth-order valence-corrected chi connectivity index (χ4v) is 4.46. The largest absolute Gasteiger partial charge is 0.454 e. The first-order valence-electron chi connectivity index (χ1n) is 11.3. The molecule has 1 fully saturated rings. The van der Waals surface area contributed by atoms with Crippen LogP contribution in [-0.2, 0) is 9.59 Å². The summed E-state index contributed by atoms with van der Waals surface area (Å²) < 4.78 is 6.06. The number of nitrogens with one attached hydrogen (secondary N) is 1. The fourth-order valence-electron chi connectivity index (χ4n) is 4.46. The van der Waals surface area contributed by atoms with Crippen LogP contribution in [0.3, 0.4) is 0 Å². The van der Waals surface area contributed by atoms with Gasteiger partial charge in [-0.05, 0) is 56.3 Å². The minimum Gasteiger partial charge on any atom is -0.454 e. The molecular formula is C27H25N3O4. The average Bonchev–Trinajstić information content (AvgIpc) is 3.17. The Kier molecular flexibility index (Phi) is 5.53. The van der Waals surface area contributed by atoms with Gasteiger partial charge in [-0.3, -0.25) is 14.4 Å². The number of anilines is 3. The van der Waals surface area contributed by atoms with Gasteiger partial charge in [0.25, 0.3) is 5.91 Å². The van der Waals surface area contributed by atoms with Gasteiger partial charge in [-0.15, -0.1) is 0 Å². The van der Waals surface area contributed by atoms with Crippen molar-refractivity contribution in [1.29, 1.82) is 0 Å². The van der Waals surface area contributed by atoms with Crippen molar-refractivity contribution < 1.29 is 19.1 Å². The van der Waals surface area contributed by atoms with Gasteiger partial charge in [0.1, 0.15) is 5.75 Å². The Morgan fingerprint density at radius 3 is 2.47 bits per heavy atom. The topological polar surface area (TPSA) is 79.0 Å². The number of amides is 3. The molecule has 0 spiro atoms. The van der Waals surface area contributed by atoms with Gasteiger partial charge in [0.2, 0.25) is 11.8 Å². The minimum absolute atomic E-state index is 0.0731. The number of benzene rings is 3.